The molecule has 130 valence electrons. The second-order valence-electron chi connectivity index (χ2n) is 8.82. The molecule has 1 unspecified atom stereocenters. The number of rotatable bonds is 1. The zero-order valence-electron chi connectivity index (χ0n) is 14.8. The minimum absolute atomic E-state index is 0.0331. The molecule has 0 amide bonds. The van der Waals surface area contributed by atoms with E-state index in [1.807, 2.05) is 0 Å². The molecule has 2 bridgehead atoms. The zero-order chi connectivity index (χ0) is 17.0. The highest BCUT2D eigenvalue weighted by atomic mass is 16.5. The largest absolute Gasteiger partial charge is 0.469 e. The summed E-state index contributed by atoms with van der Waals surface area (Å²) >= 11 is 0. The first-order chi connectivity index (χ1) is 12.1. The number of methoxy groups -OCH3 is 1. The molecule has 3 spiro atoms. The number of carbonyl (C=O) groups is 1. The van der Waals surface area contributed by atoms with Gasteiger partial charge in [0.15, 0.2) is 0 Å². The Hall–Kier alpha value is -1.81. The Morgan fingerprint density at radius 3 is 3.04 bits per heavy atom. The van der Waals surface area contributed by atoms with E-state index in [0.717, 1.165) is 19.4 Å². The smallest absolute Gasteiger partial charge is 0.311 e. The number of benzene rings is 1. The van der Waals surface area contributed by atoms with E-state index in [2.05, 4.69) is 48.7 Å². The lowest BCUT2D eigenvalue weighted by molar-refractivity contribution is -0.917. The highest BCUT2D eigenvalue weighted by molar-refractivity contribution is 5.82. The second kappa shape index (κ2) is 4.12. The third kappa shape index (κ3) is 1.19. The summed E-state index contributed by atoms with van der Waals surface area (Å²) in [6.07, 6.45) is 6.94. The first kappa shape index (κ1) is 14.4. The summed E-state index contributed by atoms with van der Waals surface area (Å²) < 4.78 is 5.31. The van der Waals surface area contributed by atoms with Crippen LogP contribution in [0.2, 0.25) is 0 Å². The highest BCUT2D eigenvalue weighted by Gasteiger charge is 2.88. The van der Waals surface area contributed by atoms with Gasteiger partial charge in [-0.15, -0.1) is 0 Å². The topological polar surface area (TPSA) is 42.8 Å². The van der Waals surface area contributed by atoms with E-state index in [0.29, 0.717) is 12.0 Å². The van der Waals surface area contributed by atoms with Gasteiger partial charge < -0.3 is 15.0 Å². The van der Waals surface area contributed by atoms with Gasteiger partial charge in [-0.3, -0.25) is 4.79 Å². The standard InChI is InChI=1S/C21H24N2O2/c1-13-19-8-5-10-23-11-9-20(18(19)23)14-6-3-4-7-16(14)22-21(13,20)15(12-19)17(24)25-2/h3-8,13,15,18,22H,9-12H2,1-2H3/p+1/t13-,15+,18-,19+,20-,21-/m1/s1. The van der Waals surface area contributed by atoms with Gasteiger partial charge in [-0.1, -0.05) is 31.2 Å². The fourth-order valence-corrected chi connectivity index (χ4v) is 8.15. The molecule has 3 heterocycles. The average molecular weight is 337 g/mol. The van der Waals surface area contributed by atoms with Crippen LogP contribution in [0.25, 0.3) is 0 Å². The molecule has 1 aromatic carbocycles. The molecule has 0 aromatic heterocycles. The summed E-state index contributed by atoms with van der Waals surface area (Å²) in [5.74, 6) is 0.320. The van der Waals surface area contributed by atoms with E-state index in [9.17, 15) is 4.79 Å². The molecule has 1 saturated heterocycles. The Labute approximate surface area is 148 Å². The van der Waals surface area contributed by atoms with Gasteiger partial charge in [-0.05, 0) is 30.0 Å². The van der Waals surface area contributed by atoms with E-state index in [-0.39, 0.29) is 28.3 Å². The Morgan fingerprint density at radius 1 is 1.36 bits per heavy atom. The summed E-state index contributed by atoms with van der Waals surface area (Å²) in [6, 6.07) is 9.38. The second-order valence-corrected chi connectivity index (χ2v) is 8.82. The number of fused-ring (bicyclic) bond motifs is 1. The Kier molecular flexibility index (Phi) is 2.37. The van der Waals surface area contributed by atoms with Crippen molar-refractivity contribution in [1.82, 2.24) is 0 Å². The summed E-state index contributed by atoms with van der Waals surface area (Å²) in [6.45, 7) is 4.71. The van der Waals surface area contributed by atoms with Crippen molar-refractivity contribution in [3.05, 3.63) is 42.0 Å². The van der Waals surface area contributed by atoms with Gasteiger partial charge in [0.25, 0.3) is 0 Å². The Morgan fingerprint density at radius 2 is 2.20 bits per heavy atom. The molecule has 6 rings (SSSR count). The van der Waals surface area contributed by atoms with Gasteiger partial charge in [-0.2, -0.15) is 0 Å². The number of hydrogen-bond donors (Lipinski definition) is 2. The van der Waals surface area contributed by atoms with Crippen LogP contribution in [-0.2, 0) is 14.9 Å². The number of quaternary nitrogens is 1. The number of esters is 1. The molecule has 4 heteroatoms. The maximum atomic E-state index is 12.9. The molecule has 2 saturated carbocycles. The van der Waals surface area contributed by atoms with Crippen molar-refractivity contribution in [3.8, 4) is 0 Å². The van der Waals surface area contributed by atoms with Gasteiger partial charge in [0.2, 0.25) is 0 Å². The van der Waals surface area contributed by atoms with E-state index in [1.54, 1.807) is 12.0 Å². The maximum Gasteiger partial charge on any atom is 0.311 e. The van der Waals surface area contributed by atoms with Crippen molar-refractivity contribution in [2.24, 2.45) is 17.3 Å². The molecule has 0 radical (unpaired) electrons. The maximum absolute atomic E-state index is 12.9. The number of nitrogens with one attached hydrogen (secondary N) is 2. The number of carbonyl (C=O) groups excluding carboxylic acids is 1. The normalized spacial score (nSPS) is 50.2. The minimum atomic E-state index is -0.203. The van der Waals surface area contributed by atoms with Gasteiger partial charge in [0, 0.05) is 17.5 Å². The van der Waals surface area contributed by atoms with Crippen LogP contribution in [0.4, 0.5) is 5.69 Å². The lowest BCUT2D eigenvalue weighted by Gasteiger charge is -2.48. The van der Waals surface area contributed by atoms with Crippen LogP contribution in [0.15, 0.2) is 36.4 Å². The van der Waals surface area contributed by atoms with Crippen molar-refractivity contribution in [2.75, 3.05) is 25.5 Å². The first-order valence-electron chi connectivity index (χ1n) is 9.59. The molecule has 2 aliphatic carbocycles. The molecule has 3 aliphatic heterocycles. The van der Waals surface area contributed by atoms with E-state index >= 15 is 0 Å². The van der Waals surface area contributed by atoms with Crippen LogP contribution >= 0.6 is 0 Å². The van der Waals surface area contributed by atoms with Crippen molar-refractivity contribution in [1.29, 1.82) is 0 Å². The van der Waals surface area contributed by atoms with Crippen LogP contribution in [0.5, 0.6) is 0 Å². The van der Waals surface area contributed by atoms with Crippen molar-refractivity contribution in [2.45, 2.75) is 36.8 Å². The zero-order valence-corrected chi connectivity index (χ0v) is 14.8. The van der Waals surface area contributed by atoms with Crippen LogP contribution in [0.1, 0.15) is 25.3 Å². The average Bonchev–Trinajstić information content (AvgIpc) is 3.29. The fourth-order valence-electron chi connectivity index (χ4n) is 8.15. The summed E-state index contributed by atoms with van der Waals surface area (Å²) in [5.41, 5.74) is 2.66. The number of ether oxygens (including phenoxy) is 1. The SMILES string of the molecule is COC(=O)[C@@H]1C[C@@]23C=CC[NH+]4CC[C@@]5(c6ccccc6N[C@]15[C@@H]2C)[C@H]43. The van der Waals surface area contributed by atoms with Gasteiger partial charge in [-0.25, -0.2) is 0 Å². The quantitative estimate of drug-likeness (QED) is 0.597. The molecule has 25 heavy (non-hydrogen) atoms. The van der Waals surface area contributed by atoms with Crippen LogP contribution in [-0.4, -0.2) is 37.7 Å². The number of hydrogen-bond acceptors (Lipinski definition) is 3. The highest BCUT2D eigenvalue weighted by Crippen LogP contribution is 2.76. The van der Waals surface area contributed by atoms with Crippen molar-refractivity contribution < 1.29 is 14.4 Å². The van der Waals surface area contributed by atoms with Crippen molar-refractivity contribution >= 4 is 11.7 Å². The van der Waals surface area contributed by atoms with E-state index < -0.39 is 0 Å². The van der Waals surface area contributed by atoms with Crippen LogP contribution in [0, 0.1) is 17.3 Å². The Bertz CT molecular complexity index is 835. The predicted octanol–water partition coefficient (Wildman–Crippen LogP) is 1.14. The third-order valence-corrected chi connectivity index (χ3v) is 8.66. The summed E-state index contributed by atoms with van der Waals surface area (Å²) in [4.78, 5) is 14.6. The minimum Gasteiger partial charge on any atom is -0.469 e. The van der Waals surface area contributed by atoms with Gasteiger partial charge >= 0.3 is 5.97 Å². The van der Waals surface area contributed by atoms with Crippen molar-refractivity contribution in [3.63, 3.8) is 0 Å². The lowest BCUT2D eigenvalue weighted by Crippen LogP contribution is -3.16. The van der Waals surface area contributed by atoms with E-state index in [1.165, 1.54) is 17.8 Å². The molecule has 4 nitrogen and oxygen atoms in total. The monoisotopic (exact) mass is 337 g/mol. The molecule has 2 N–H and O–H groups in total. The molecule has 7 atom stereocenters. The molecule has 3 fully saturated rings. The molecule has 1 aromatic rings. The number of para-hydroxylation sites is 1. The lowest BCUT2D eigenvalue weighted by atomic mass is 9.57. The van der Waals surface area contributed by atoms with Gasteiger partial charge in [0.1, 0.15) is 6.04 Å². The van der Waals surface area contributed by atoms with Gasteiger partial charge in [0.05, 0.1) is 37.1 Å². The molecular formula is C21H25N2O2+. The number of anilines is 1. The van der Waals surface area contributed by atoms with Crippen LogP contribution < -0.4 is 10.2 Å². The van der Waals surface area contributed by atoms with E-state index in [4.69, 9.17) is 4.74 Å². The van der Waals surface area contributed by atoms with Crippen LogP contribution in [0.3, 0.4) is 0 Å². The first-order valence-corrected chi connectivity index (χ1v) is 9.59. The third-order valence-electron chi connectivity index (χ3n) is 8.66. The molecule has 5 aliphatic rings. The molecular weight excluding hydrogens is 312 g/mol. The predicted molar refractivity (Wildman–Crippen MR) is 94.4 cm³/mol. The Balaban J connectivity index is 1.69. The summed E-state index contributed by atoms with van der Waals surface area (Å²) in [7, 11) is 1.54. The summed E-state index contributed by atoms with van der Waals surface area (Å²) in [5, 5.41) is 3.94. The fraction of sp³-hybridized carbons (Fsp3) is 0.571.